The largest absolute Gasteiger partial charge is 0.479 e. The van der Waals surface area contributed by atoms with Crippen molar-refractivity contribution in [1.82, 2.24) is 0 Å². The maximum absolute atomic E-state index is 11.3. The quantitative estimate of drug-likeness (QED) is 0.116. The third-order valence-electron chi connectivity index (χ3n) is 8.08. The van der Waals surface area contributed by atoms with Crippen LogP contribution in [0.4, 0.5) is 0 Å². The highest BCUT2D eigenvalue weighted by atomic mass is 16.8. The molecule has 20 unspecified atom stereocenters. The summed E-state index contributed by atoms with van der Waals surface area (Å²) >= 11 is 0. The second-order valence-electron chi connectivity index (χ2n) is 11.2. The van der Waals surface area contributed by atoms with E-state index in [9.17, 15) is 66.1 Å². The van der Waals surface area contributed by atoms with Gasteiger partial charge >= 0.3 is 5.97 Å². The van der Waals surface area contributed by atoms with Crippen LogP contribution in [0.25, 0.3) is 0 Å². The van der Waals surface area contributed by atoms with Gasteiger partial charge < -0.3 is 94.4 Å². The van der Waals surface area contributed by atoms with Crippen molar-refractivity contribution in [3.63, 3.8) is 0 Å². The third kappa shape index (κ3) is 7.02. The smallest absolute Gasteiger partial charge is 0.335 e. The van der Waals surface area contributed by atoms with Crippen LogP contribution < -0.4 is 0 Å². The number of carboxylic acid groups (broad SMARTS) is 1. The maximum atomic E-state index is 11.3. The molecule has 4 rings (SSSR count). The summed E-state index contributed by atoms with van der Waals surface area (Å²) in [4.78, 5) is 11.3. The molecule has 0 spiro atoms. The first kappa shape index (κ1) is 35.6. The molecule has 0 saturated carbocycles. The Bertz CT molecular complexity index is 959. The van der Waals surface area contributed by atoms with Crippen molar-refractivity contribution in [2.45, 2.75) is 137 Å². The van der Waals surface area contributed by atoms with Gasteiger partial charge in [0.05, 0.1) is 18.8 Å². The molecule has 0 aromatic heterocycles. The molecule has 44 heavy (non-hydrogen) atoms. The summed E-state index contributed by atoms with van der Waals surface area (Å²) in [7, 11) is 0. The lowest BCUT2D eigenvalue weighted by Crippen LogP contribution is -2.65. The van der Waals surface area contributed by atoms with Crippen LogP contribution >= 0.6 is 0 Å². The van der Waals surface area contributed by atoms with Gasteiger partial charge in [-0.3, -0.25) is 0 Å². The van der Waals surface area contributed by atoms with Crippen molar-refractivity contribution in [2.75, 3.05) is 6.61 Å². The highest BCUT2D eigenvalue weighted by Gasteiger charge is 2.53. The molecule has 0 aromatic carbocycles. The van der Waals surface area contributed by atoms with E-state index in [2.05, 4.69) is 0 Å². The predicted octanol–water partition coefficient (Wildman–Crippen LogP) is -7.60. The van der Waals surface area contributed by atoms with E-state index in [4.69, 9.17) is 33.2 Å². The maximum Gasteiger partial charge on any atom is 0.335 e. The Hall–Kier alpha value is -1.25. The lowest BCUT2D eigenvalue weighted by molar-refractivity contribution is -0.374. The zero-order chi connectivity index (χ0) is 32.8. The Kier molecular flexibility index (Phi) is 11.5. The standard InChI is InChI=1S/C24H40O20/c1-4-7(25)10(28)15(33)22(39-4)44-19-12(30)8(26)5(2)40-24(19)38-3-6-9(27)13(31)18(21(37)41-6)43-23-16(34)11(29)14(32)17(42-23)20(35)36/h4-19,21-34,37H,3H2,1-2H3,(H,35,36). The van der Waals surface area contributed by atoms with Gasteiger partial charge in [0.2, 0.25) is 0 Å². The molecule has 0 bridgehead atoms. The van der Waals surface area contributed by atoms with E-state index < -0.39 is 135 Å². The summed E-state index contributed by atoms with van der Waals surface area (Å²) in [5.74, 6) is -1.71. The van der Waals surface area contributed by atoms with Gasteiger partial charge in [0.25, 0.3) is 0 Å². The minimum absolute atomic E-state index is 0.664. The molecule has 4 aliphatic rings. The molecule has 20 nitrogen and oxygen atoms in total. The van der Waals surface area contributed by atoms with Crippen LogP contribution in [0, 0.1) is 0 Å². The van der Waals surface area contributed by atoms with Gasteiger partial charge in [-0.05, 0) is 13.8 Å². The Morgan fingerprint density at radius 3 is 1.61 bits per heavy atom. The van der Waals surface area contributed by atoms with E-state index in [1.807, 2.05) is 0 Å². The summed E-state index contributed by atoms with van der Waals surface area (Å²) in [6.45, 7) is 2.12. The van der Waals surface area contributed by atoms with Crippen molar-refractivity contribution in [3.8, 4) is 0 Å². The van der Waals surface area contributed by atoms with Crippen LogP contribution in [0.5, 0.6) is 0 Å². The highest BCUT2D eigenvalue weighted by molar-refractivity contribution is 5.73. The molecule has 0 radical (unpaired) electrons. The van der Waals surface area contributed by atoms with Gasteiger partial charge in [0.1, 0.15) is 79.4 Å². The zero-order valence-electron chi connectivity index (χ0n) is 23.4. The number of aliphatic hydroxyl groups excluding tert-OH is 11. The summed E-state index contributed by atoms with van der Waals surface area (Å²) < 4.78 is 37.6. The van der Waals surface area contributed by atoms with E-state index in [1.54, 1.807) is 0 Å². The van der Waals surface area contributed by atoms with Gasteiger partial charge in [0, 0.05) is 0 Å². The van der Waals surface area contributed by atoms with Gasteiger partial charge in [-0.15, -0.1) is 0 Å². The van der Waals surface area contributed by atoms with Crippen molar-refractivity contribution < 1.29 is 99.2 Å². The van der Waals surface area contributed by atoms with Crippen molar-refractivity contribution in [2.24, 2.45) is 0 Å². The number of hydrogen-bond acceptors (Lipinski definition) is 19. The second kappa shape index (κ2) is 14.3. The molecule has 4 saturated heterocycles. The number of aliphatic carboxylic acids is 1. The Balaban J connectivity index is 1.40. The lowest BCUT2D eigenvalue weighted by Gasteiger charge is -2.46. The minimum Gasteiger partial charge on any atom is -0.479 e. The monoisotopic (exact) mass is 648 g/mol. The summed E-state index contributed by atoms with van der Waals surface area (Å²) in [6, 6.07) is 0. The first-order valence-electron chi connectivity index (χ1n) is 13.8. The molecular formula is C24H40O20. The van der Waals surface area contributed by atoms with Gasteiger partial charge in [0.15, 0.2) is 31.3 Å². The van der Waals surface area contributed by atoms with Gasteiger partial charge in [-0.25, -0.2) is 4.79 Å². The van der Waals surface area contributed by atoms with Gasteiger partial charge in [-0.2, -0.15) is 0 Å². The number of aliphatic hydroxyl groups is 11. The zero-order valence-corrected chi connectivity index (χ0v) is 23.4. The Labute approximate surface area is 249 Å². The van der Waals surface area contributed by atoms with E-state index >= 15 is 0 Å². The number of carboxylic acids is 1. The molecule has 20 heteroatoms. The molecule has 256 valence electrons. The fourth-order valence-corrected chi connectivity index (χ4v) is 5.28. The average molecular weight is 649 g/mol. The Morgan fingerprint density at radius 1 is 0.545 bits per heavy atom. The predicted molar refractivity (Wildman–Crippen MR) is 132 cm³/mol. The molecule has 20 atom stereocenters. The topological polar surface area (TPSA) is 324 Å². The molecule has 0 aliphatic carbocycles. The minimum atomic E-state index is -2.06. The SMILES string of the molecule is CC1OC(OC2C(OCC3OC(O)C(OC4OC(C(=O)O)C(O)C(O)C4O)C(O)C3O)OC(C)C(O)C2O)C(O)C(O)C1O. The third-order valence-corrected chi connectivity index (χ3v) is 8.08. The summed E-state index contributed by atoms with van der Waals surface area (Å²) in [5, 5.41) is 122. The van der Waals surface area contributed by atoms with Crippen molar-refractivity contribution >= 4 is 5.97 Å². The van der Waals surface area contributed by atoms with Crippen LogP contribution in [0.15, 0.2) is 0 Å². The number of ether oxygens (including phenoxy) is 7. The van der Waals surface area contributed by atoms with E-state index in [1.165, 1.54) is 13.8 Å². The normalized spacial score (nSPS) is 53.8. The number of carbonyl (C=O) groups is 1. The van der Waals surface area contributed by atoms with Crippen LogP contribution in [0.3, 0.4) is 0 Å². The second-order valence-corrected chi connectivity index (χ2v) is 11.2. The molecule has 4 fully saturated rings. The summed E-state index contributed by atoms with van der Waals surface area (Å²) in [6.07, 6.45) is -34.4. The van der Waals surface area contributed by atoms with Gasteiger partial charge in [-0.1, -0.05) is 0 Å². The summed E-state index contributed by atoms with van der Waals surface area (Å²) in [5.41, 5.74) is 0. The molecule has 12 N–H and O–H groups in total. The van der Waals surface area contributed by atoms with Crippen molar-refractivity contribution in [1.29, 1.82) is 0 Å². The average Bonchev–Trinajstić information content (AvgIpc) is 2.97. The van der Waals surface area contributed by atoms with E-state index in [0.717, 1.165) is 0 Å². The Morgan fingerprint density at radius 2 is 1.02 bits per heavy atom. The van der Waals surface area contributed by atoms with Crippen LogP contribution in [-0.4, -0.2) is 197 Å². The molecule has 4 aliphatic heterocycles. The molecular weight excluding hydrogens is 608 g/mol. The van der Waals surface area contributed by atoms with Crippen LogP contribution in [0.2, 0.25) is 0 Å². The number of rotatable bonds is 8. The molecule has 4 heterocycles. The lowest BCUT2D eigenvalue weighted by atomic mass is 9.97. The van der Waals surface area contributed by atoms with Crippen LogP contribution in [-0.2, 0) is 38.0 Å². The van der Waals surface area contributed by atoms with E-state index in [-0.39, 0.29) is 0 Å². The van der Waals surface area contributed by atoms with E-state index in [0.29, 0.717) is 0 Å². The highest BCUT2D eigenvalue weighted by Crippen LogP contribution is 2.32. The first-order valence-corrected chi connectivity index (χ1v) is 13.8. The molecule has 0 aromatic rings. The van der Waals surface area contributed by atoms with Crippen molar-refractivity contribution in [3.05, 3.63) is 0 Å². The molecule has 0 amide bonds. The first-order chi connectivity index (χ1) is 20.5. The van der Waals surface area contributed by atoms with Crippen LogP contribution in [0.1, 0.15) is 13.8 Å². The number of hydrogen-bond donors (Lipinski definition) is 12. The fourth-order valence-electron chi connectivity index (χ4n) is 5.28. The fraction of sp³-hybridized carbons (Fsp3) is 0.958.